The van der Waals surface area contributed by atoms with Crippen molar-refractivity contribution in [3.8, 4) is 0 Å². The summed E-state index contributed by atoms with van der Waals surface area (Å²) in [6, 6.07) is -0.831. The van der Waals surface area contributed by atoms with Crippen LogP contribution in [-0.2, 0) is 23.7 Å². The van der Waals surface area contributed by atoms with Crippen LogP contribution in [0.25, 0.3) is 0 Å². The molecule has 486 valence electrons. The lowest BCUT2D eigenvalue weighted by atomic mass is 9.97. The third kappa shape index (κ3) is 38.8. The van der Waals surface area contributed by atoms with Crippen LogP contribution in [0.15, 0.2) is 48.6 Å². The third-order valence-electron chi connectivity index (χ3n) is 16.8. The zero-order valence-electron chi connectivity index (χ0n) is 52.7. The van der Waals surface area contributed by atoms with Crippen LogP contribution in [0.2, 0.25) is 0 Å². The van der Waals surface area contributed by atoms with Crippen LogP contribution < -0.4 is 5.32 Å². The quantitative estimate of drug-likeness (QED) is 0.0204. The summed E-state index contributed by atoms with van der Waals surface area (Å²) in [5.74, 6) is -0.205. The molecule has 1 amide bonds. The minimum Gasteiger partial charge on any atom is -0.394 e. The topological polar surface area (TPSA) is 228 Å². The van der Waals surface area contributed by atoms with Gasteiger partial charge in [0.25, 0.3) is 0 Å². The molecule has 12 unspecified atom stereocenters. The molecule has 9 N–H and O–H groups in total. The van der Waals surface area contributed by atoms with E-state index >= 15 is 0 Å². The Hall–Kier alpha value is -2.05. The van der Waals surface area contributed by atoms with Crippen LogP contribution in [0.4, 0.5) is 0 Å². The molecule has 0 aromatic rings. The zero-order chi connectivity index (χ0) is 60.2. The Labute approximate surface area is 505 Å². The lowest BCUT2D eigenvalue weighted by Crippen LogP contribution is -2.65. The van der Waals surface area contributed by atoms with Crippen LogP contribution in [0.1, 0.15) is 290 Å². The number of carbonyl (C=O) groups is 1. The van der Waals surface area contributed by atoms with Crippen LogP contribution >= 0.6 is 0 Å². The van der Waals surface area contributed by atoms with Gasteiger partial charge in [0.15, 0.2) is 12.6 Å². The largest absolute Gasteiger partial charge is 0.394 e. The minimum atomic E-state index is -1.78. The molecule has 0 saturated carbocycles. The average Bonchev–Trinajstić information content (AvgIpc) is 3.65. The van der Waals surface area contributed by atoms with Crippen molar-refractivity contribution >= 4 is 5.91 Å². The molecule has 0 radical (unpaired) electrons. The molecule has 0 spiro atoms. The smallest absolute Gasteiger partial charge is 0.220 e. The van der Waals surface area contributed by atoms with Crippen molar-refractivity contribution in [2.75, 3.05) is 19.8 Å². The summed E-state index contributed by atoms with van der Waals surface area (Å²) in [6.07, 6.45) is 52.6. The predicted molar refractivity (Wildman–Crippen MR) is 337 cm³/mol. The standard InChI is InChI=1S/C69H127NO13/c1-3-5-7-9-11-13-15-17-19-21-23-25-27-28-29-30-31-33-35-37-39-41-43-45-47-49-51-53-61(74)70-57(56-80-68-66(79)64(77)67(60(55-72)82-68)83-69-65(78)63(76)62(75)59(54-71)81-69)58(73)52-50-48-46-44-42-40-38-36-34-32-26-24-22-20-18-16-14-12-10-8-6-4-2/h5,7,11,13,17,19,23,25,57-60,62-69,71-73,75-79H,3-4,6,8-10,12,14-16,18,20-22,24,26-56H2,1-2H3,(H,70,74)/b7-5-,13-11-,19-17-,25-23-. The highest BCUT2D eigenvalue weighted by Crippen LogP contribution is 2.30. The number of ether oxygens (including phenoxy) is 4. The molecule has 14 nitrogen and oxygen atoms in total. The van der Waals surface area contributed by atoms with Gasteiger partial charge in [0.2, 0.25) is 5.91 Å². The molecule has 12 atom stereocenters. The van der Waals surface area contributed by atoms with Crippen LogP contribution in [-0.4, -0.2) is 140 Å². The van der Waals surface area contributed by atoms with Gasteiger partial charge in [0.1, 0.15) is 48.8 Å². The second-order valence-electron chi connectivity index (χ2n) is 24.3. The number of aliphatic hydroxyl groups is 8. The molecule has 83 heavy (non-hydrogen) atoms. The van der Waals surface area contributed by atoms with Gasteiger partial charge in [-0.1, -0.05) is 281 Å². The molecule has 2 heterocycles. The Morgan fingerprint density at radius 3 is 1.28 bits per heavy atom. The van der Waals surface area contributed by atoms with E-state index in [2.05, 4.69) is 67.8 Å². The van der Waals surface area contributed by atoms with E-state index in [4.69, 9.17) is 18.9 Å². The van der Waals surface area contributed by atoms with E-state index in [1.54, 1.807) is 0 Å². The summed E-state index contributed by atoms with van der Waals surface area (Å²) in [6.45, 7) is 2.79. The van der Waals surface area contributed by atoms with E-state index in [0.29, 0.717) is 12.8 Å². The van der Waals surface area contributed by atoms with Gasteiger partial charge >= 0.3 is 0 Å². The minimum absolute atomic E-state index is 0.205. The van der Waals surface area contributed by atoms with E-state index in [1.807, 2.05) is 0 Å². The Balaban J connectivity index is 1.68. The first-order chi connectivity index (χ1) is 40.6. The number of hydrogen-bond acceptors (Lipinski definition) is 13. The lowest BCUT2D eigenvalue weighted by molar-refractivity contribution is -0.359. The van der Waals surface area contributed by atoms with Gasteiger partial charge in [-0.3, -0.25) is 4.79 Å². The van der Waals surface area contributed by atoms with Crippen LogP contribution in [0.3, 0.4) is 0 Å². The van der Waals surface area contributed by atoms with E-state index in [-0.39, 0.29) is 12.5 Å². The second kappa shape index (κ2) is 54.1. The fraction of sp³-hybridized carbons (Fsp3) is 0.870. The van der Waals surface area contributed by atoms with Gasteiger partial charge in [-0.15, -0.1) is 0 Å². The van der Waals surface area contributed by atoms with Gasteiger partial charge in [0.05, 0.1) is 32.0 Å². The normalized spacial score (nSPS) is 24.1. The van der Waals surface area contributed by atoms with Crippen molar-refractivity contribution in [1.29, 1.82) is 0 Å². The number of aliphatic hydroxyl groups excluding tert-OH is 8. The molecular formula is C69H127NO13. The summed E-state index contributed by atoms with van der Waals surface area (Å²) >= 11 is 0. The summed E-state index contributed by atoms with van der Waals surface area (Å²) in [5.41, 5.74) is 0. The highest BCUT2D eigenvalue weighted by atomic mass is 16.7. The van der Waals surface area contributed by atoms with E-state index in [1.165, 1.54) is 186 Å². The Bertz CT molecular complexity index is 1580. The van der Waals surface area contributed by atoms with Gasteiger partial charge in [-0.05, 0) is 51.4 Å². The van der Waals surface area contributed by atoms with Crippen LogP contribution in [0.5, 0.6) is 0 Å². The van der Waals surface area contributed by atoms with Gasteiger partial charge < -0.3 is 65.1 Å². The Morgan fingerprint density at radius 2 is 0.831 bits per heavy atom. The Kier molecular flexibility index (Phi) is 50.2. The molecule has 14 heteroatoms. The fourth-order valence-corrected chi connectivity index (χ4v) is 11.3. The number of nitrogens with one attached hydrogen (secondary N) is 1. The number of allylic oxidation sites excluding steroid dienone is 8. The molecule has 2 fully saturated rings. The maximum atomic E-state index is 13.3. The summed E-state index contributed by atoms with van der Waals surface area (Å²) in [7, 11) is 0. The molecule has 0 aromatic carbocycles. The summed E-state index contributed by atoms with van der Waals surface area (Å²) in [4.78, 5) is 13.3. The molecular weight excluding hydrogens is 1050 g/mol. The molecule has 2 saturated heterocycles. The van der Waals surface area contributed by atoms with E-state index < -0.39 is 86.8 Å². The van der Waals surface area contributed by atoms with Crippen molar-refractivity contribution in [2.45, 2.75) is 364 Å². The van der Waals surface area contributed by atoms with Crippen LogP contribution in [0, 0.1) is 0 Å². The monoisotopic (exact) mass is 1180 g/mol. The molecule has 0 aliphatic carbocycles. The number of amides is 1. The van der Waals surface area contributed by atoms with Crippen molar-refractivity contribution < 1.29 is 64.6 Å². The number of carbonyl (C=O) groups excluding carboxylic acids is 1. The summed E-state index contributed by atoms with van der Waals surface area (Å²) < 4.78 is 22.9. The van der Waals surface area contributed by atoms with Crippen molar-refractivity contribution in [3.05, 3.63) is 48.6 Å². The third-order valence-corrected chi connectivity index (χ3v) is 16.8. The molecule has 2 aliphatic rings. The fourth-order valence-electron chi connectivity index (χ4n) is 11.3. The van der Waals surface area contributed by atoms with Gasteiger partial charge in [0, 0.05) is 6.42 Å². The van der Waals surface area contributed by atoms with Gasteiger partial charge in [-0.2, -0.15) is 0 Å². The first-order valence-electron chi connectivity index (χ1n) is 34.4. The highest BCUT2D eigenvalue weighted by molar-refractivity contribution is 5.76. The highest BCUT2D eigenvalue weighted by Gasteiger charge is 2.51. The lowest BCUT2D eigenvalue weighted by Gasteiger charge is -2.46. The first-order valence-corrected chi connectivity index (χ1v) is 34.4. The number of unbranched alkanes of at least 4 members (excludes halogenated alkanes) is 35. The second-order valence-corrected chi connectivity index (χ2v) is 24.3. The number of rotatable bonds is 56. The van der Waals surface area contributed by atoms with Crippen molar-refractivity contribution in [2.24, 2.45) is 0 Å². The maximum absolute atomic E-state index is 13.3. The Morgan fingerprint density at radius 1 is 0.446 bits per heavy atom. The molecule has 0 bridgehead atoms. The van der Waals surface area contributed by atoms with E-state index in [9.17, 15) is 45.6 Å². The molecule has 2 aliphatic heterocycles. The molecule has 0 aromatic heterocycles. The average molecular weight is 1180 g/mol. The molecule has 2 rings (SSSR count). The van der Waals surface area contributed by atoms with Crippen molar-refractivity contribution in [1.82, 2.24) is 5.32 Å². The summed E-state index contributed by atoms with van der Waals surface area (Å²) in [5, 5.41) is 87.6. The number of hydrogen-bond donors (Lipinski definition) is 9. The first kappa shape index (κ1) is 77.0. The zero-order valence-corrected chi connectivity index (χ0v) is 52.7. The van der Waals surface area contributed by atoms with E-state index in [0.717, 1.165) is 77.0 Å². The van der Waals surface area contributed by atoms with Gasteiger partial charge in [-0.25, -0.2) is 0 Å². The SMILES string of the molecule is CC/C=C\C/C=C\C/C=C\C/C=C\CCCCCCCCCCCCCCCCC(=O)NC(COC1OC(CO)C(OC2OC(CO)C(O)C(O)C2O)C(O)C1O)C(O)CCCCCCCCCCCCCCCCCCCCCCCC. The van der Waals surface area contributed by atoms with Crippen molar-refractivity contribution in [3.63, 3.8) is 0 Å². The predicted octanol–water partition coefficient (Wildman–Crippen LogP) is 13.5. The maximum Gasteiger partial charge on any atom is 0.220 e.